The number of carboxylic acids is 1. The number of ether oxygens (including phenoxy) is 1. The van der Waals surface area contributed by atoms with Crippen molar-refractivity contribution in [2.75, 3.05) is 29.4 Å². The van der Waals surface area contributed by atoms with Crippen LogP contribution in [0.4, 0.5) is 29.5 Å². The Hall–Kier alpha value is -4.24. The number of unbranched alkanes of at least 4 members (excludes halogenated alkanes) is 1. The lowest BCUT2D eigenvalue weighted by molar-refractivity contribution is -0.135. The number of benzene rings is 1. The van der Waals surface area contributed by atoms with Gasteiger partial charge in [-0.3, -0.25) is 9.69 Å². The number of nitrogens with one attached hydrogen (secondary N) is 1. The van der Waals surface area contributed by atoms with Crippen molar-refractivity contribution in [3.63, 3.8) is 0 Å². The van der Waals surface area contributed by atoms with E-state index in [0.29, 0.717) is 24.1 Å². The lowest BCUT2D eigenvalue weighted by Crippen LogP contribution is -2.40. The maximum absolute atomic E-state index is 13.3. The molecule has 1 aromatic carbocycles. The minimum Gasteiger partial charge on any atom is -0.480 e. The van der Waals surface area contributed by atoms with Crippen LogP contribution in [0, 0.1) is 0 Å². The molecule has 3 aromatic rings. The number of nitrogens with zero attached hydrogens (tertiary/aromatic N) is 4. The summed E-state index contributed by atoms with van der Waals surface area (Å²) in [6.45, 7) is 5.07. The molecule has 250 valence electrons. The summed E-state index contributed by atoms with van der Waals surface area (Å²) in [7, 11) is -4.21. The Morgan fingerprint density at radius 1 is 1.02 bits per heavy atom. The fourth-order valence-corrected chi connectivity index (χ4v) is 5.54. The SMILES string of the molecule is CCCCN(CC(F)(F)F)c1ccc(CC(NS(=O)(=O)c2ccccn2)c2cccc(N(CC(=O)O)C(=O)OC(C)(C)C)n2)cc1. The number of amides is 1. The largest absolute Gasteiger partial charge is 0.480 e. The summed E-state index contributed by atoms with van der Waals surface area (Å²) in [6, 6.07) is 14.0. The van der Waals surface area contributed by atoms with E-state index in [9.17, 15) is 36.3 Å². The Labute approximate surface area is 266 Å². The molecule has 0 radical (unpaired) electrons. The second-order valence-electron chi connectivity index (χ2n) is 11.5. The summed E-state index contributed by atoms with van der Waals surface area (Å²) in [5.41, 5.74) is 0.135. The van der Waals surface area contributed by atoms with Crippen molar-refractivity contribution in [3.05, 3.63) is 78.1 Å². The first-order valence-electron chi connectivity index (χ1n) is 14.5. The standard InChI is InChI=1S/C31H38F3N5O6S/c1-5-6-18-38(21-31(32,33)34)23-15-13-22(14-16-23)19-25(37-46(43,44)27-12-7-8-17-35-27)24-10-9-11-26(36-24)39(20-28(40)41)29(42)45-30(2,3)4/h7-17,25,37H,5-6,18-21H2,1-4H3,(H,40,41). The highest BCUT2D eigenvalue weighted by molar-refractivity contribution is 7.89. The average Bonchev–Trinajstić information content (AvgIpc) is 2.97. The van der Waals surface area contributed by atoms with Crippen molar-refractivity contribution in [1.29, 1.82) is 0 Å². The molecule has 2 N–H and O–H groups in total. The third kappa shape index (κ3) is 11.3. The van der Waals surface area contributed by atoms with Gasteiger partial charge in [-0.15, -0.1) is 0 Å². The minimum absolute atomic E-state index is 0.00238. The zero-order valence-corrected chi connectivity index (χ0v) is 26.8. The number of pyridine rings is 2. The maximum atomic E-state index is 13.3. The van der Waals surface area contributed by atoms with Gasteiger partial charge in [0.15, 0.2) is 5.03 Å². The summed E-state index contributed by atoms with van der Waals surface area (Å²) in [4.78, 5) is 35.0. The van der Waals surface area contributed by atoms with E-state index in [2.05, 4.69) is 14.7 Å². The first-order valence-corrected chi connectivity index (χ1v) is 16.0. The molecule has 0 aliphatic carbocycles. The Balaban J connectivity index is 2.01. The molecular weight excluding hydrogens is 627 g/mol. The van der Waals surface area contributed by atoms with Crippen LogP contribution in [0.2, 0.25) is 0 Å². The number of aromatic nitrogens is 2. The van der Waals surface area contributed by atoms with Crippen LogP contribution in [0.5, 0.6) is 0 Å². The number of carboxylic acid groups (broad SMARTS) is 1. The fourth-order valence-electron chi connectivity index (χ4n) is 4.38. The molecule has 46 heavy (non-hydrogen) atoms. The van der Waals surface area contributed by atoms with Gasteiger partial charge in [-0.05, 0) is 75.6 Å². The highest BCUT2D eigenvalue weighted by Crippen LogP contribution is 2.27. The summed E-state index contributed by atoms with van der Waals surface area (Å²) in [5.74, 6) is -1.42. The van der Waals surface area contributed by atoms with Crippen LogP contribution >= 0.6 is 0 Å². The zero-order chi connectivity index (χ0) is 34.1. The van der Waals surface area contributed by atoms with E-state index in [0.717, 1.165) is 4.90 Å². The third-order valence-electron chi connectivity index (χ3n) is 6.40. The van der Waals surface area contributed by atoms with E-state index in [1.807, 2.05) is 6.92 Å². The normalized spacial score (nSPS) is 12.8. The average molecular weight is 666 g/mol. The lowest BCUT2D eigenvalue weighted by Gasteiger charge is -2.27. The number of carbonyl (C=O) groups is 2. The molecule has 0 bridgehead atoms. The first kappa shape index (κ1) is 36.2. The smallest absolute Gasteiger partial charge is 0.416 e. The number of aliphatic carboxylic acids is 1. The van der Waals surface area contributed by atoms with Crippen LogP contribution in [0.25, 0.3) is 0 Å². The lowest BCUT2D eigenvalue weighted by atomic mass is 10.0. The summed E-state index contributed by atoms with van der Waals surface area (Å²) in [6.07, 6.45) is -2.76. The second-order valence-corrected chi connectivity index (χ2v) is 13.1. The molecule has 0 fully saturated rings. The van der Waals surface area contributed by atoms with Crippen molar-refractivity contribution in [2.24, 2.45) is 0 Å². The Bertz CT molecular complexity index is 1570. The predicted octanol–water partition coefficient (Wildman–Crippen LogP) is 5.73. The van der Waals surface area contributed by atoms with Crippen LogP contribution < -0.4 is 14.5 Å². The number of alkyl halides is 3. The van der Waals surface area contributed by atoms with E-state index in [-0.39, 0.29) is 29.5 Å². The van der Waals surface area contributed by atoms with E-state index in [1.54, 1.807) is 51.1 Å². The van der Waals surface area contributed by atoms with E-state index >= 15 is 0 Å². The number of sulfonamides is 1. The van der Waals surface area contributed by atoms with Gasteiger partial charge in [0.05, 0.1) is 11.7 Å². The monoisotopic (exact) mass is 665 g/mol. The van der Waals surface area contributed by atoms with Crippen LogP contribution in [0.15, 0.2) is 71.9 Å². The van der Waals surface area contributed by atoms with Gasteiger partial charge >= 0.3 is 18.2 Å². The molecule has 0 aliphatic rings. The van der Waals surface area contributed by atoms with Crippen LogP contribution in [0.3, 0.4) is 0 Å². The van der Waals surface area contributed by atoms with Gasteiger partial charge in [0.1, 0.15) is 24.5 Å². The van der Waals surface area contributed by atoms with Crippen molar-refractivity contribution >= 4 is 33.6 Å². The maximum Gasteiger partial charge on any atom is 0.416 e. The van der Waals surface area contributed by atoms with Crippen molar-refractivity contribution in [2.45, 2.75) is 69.8 Å². The molecule has 0 aliphatic heterocycles. The summed E-state index contributed by atoms with van der Waals surface area (Å²) < 4.78 is 74.4. The number of halogens is 3. The predicted molar refractivity (Wildman–Crippen MR) is 166 cm³/mol. The molecule has 2 aromatic heterocycles. The van der Waals surface area contributed by atoms with E-state index < -0.39 is 53.0 Å². The van der Waals surface area contributed by atoms with E-state index in [4.69, 9.17) is 4.74 Å². The van der Waals surface area contributed by atoms with E-state index in [1.165, 1.54) is 41.4 Å². The second kappa shape index (κ2) is 15.4. The van der Waals surface area contributed by atoms with Gasteiger partial charge in [0.25, 0.3) is 10.0 Å². The molecule has 0 spiro atoms. The van der Waals surface area contributed by atoms with Gasteiger partial charge in [-0.25, -0.2) is 27.9 Å². The van der Waals surface area contributed by atoms with Gasteiger partial charge in [-0.1, -0.05) is 37.6 Å². The molecule has 3 rings (SSSR count). The fraction of sp³-hybridized carbons (Fsp3) is 0.419. The van der Waals surface area contributed by atoms with Gasteiger partial charge in [0.2, 0.25) is 0 Å². The van der Waals surface area contributed by atoms with Crippen molar-refractivity contribution < 1.29 is 41.0 Å². The highest BCUT2D eigenvalue weighted by atomic mass is 32.2. The molecule has 1 unspecified atom stereocenters. The molecule has 0 saturated carbocycles. The van der Waals surface area contributed by atoms with Crippen molar-refractivity contribution in [3.8, 4) is 0 Å². The van der Waals surface area contributed by atoms with Crippen LogP contribution in [-0.4, -0.2) is 67.0 Å². The highest BCUT2D eigenvalue weighted by Gasteiger charge is 2.31. The molecule has 1 atom stereocenters. The molecule has 15 heteroatoms. The van der Waals surface area contributed by atoms with Crippen molar-refractivity contribution in [1.82, 2.24) is 14.7 Å². The number of hydrogen-bond donors (Lipinski definition) is 2. The number of hydrogen-bond acceptors (Lipinski definition) is 8. The molecule has 0 saturated heterocycles. The van der Waals surface area contributed by atoms with Gasteiger partial charge in [0, 0.05) is 18.4 Å². The number of carbonyl (C=O) groups excluding carboxylic acids is 1. The molecule has 1 amide bonds. The zero-order valence-electron chi connectivity index (χ0n) is 26.0. The summed E-state index contributed by atoms with van der Waals surface area (Å²) >= 11 is 0. The van der Waals surface area contributed by atoms with Crippen LogP contribution in [-0.2, 0) is 26.0 Å². The van der Waals surface area contributed by atoms with Gasteiger partial charge < -0.3 is 14.7 Å². The Morgan fingerprint density at radius 2 is 1.72 bits per heavy atom. The molecule has 11 nitrogen and oxygen atoms in total. The topological polar surface area (TPSA) is 142 Å². The number of anilines is 2. The minimum atomic E-state index is -4.40. The van der Waals surface area contributed by atoms with Crippen LogP contribution in [0.1, 0.15) is 57.8 Å². The molecular formula is C31H38F3N5O6S. The molecule has 2 heterocycles. The Morgan fingerprint density at radius 3 is 2.28 bits per heavy atom. The summed E-state index contributed by atoms with van der Waals surface area (Å²) in [5, 5.41) is 9.22. The van der Waals surface area contributed by atoms with Gasteiger partial charge in [-0.2, -0.15) is 13.2 Å². The number of rotatable bonds is 14. The Kier molecular flexibility index (Phi) is 12.1. The first-order chi connectivity index (χ1) is 21.5. The third-order valence-corrected chi connectivity index (χ3v) is 7.79. The quantitative estimate of drug-likeness (QED) is 0.221.